The van der Waals surface area contributed by atoms with Gasteiger partial charge in [0, 0.05) is 0 Å². The number of benzene rings is 2. The minimum absolute atomic E-state index is 0.399. The van der Waals surface area contributed by atoms with E-state index in [0.717, 1.165) is 24.8 Å². The van der Waals surface area contributed by atoms with E-state index in [9.17, 15) is 5.11 Å². The molecule has 1 heteroatoms. The van der Waals surface area contributed by atoms with Gasteiger partial charge in [-0.15, -0.1) is 0 Å². The van der Waals surface area contributed by atoms with Gasteiger partial charge in [0.15, 0.2) is 0 Å². The largest absolute Gasteiger partial charge is 0.508 e. The van der Waals surface area contributed by atoms with Gasteiger partial charge in [0.25, 0.3) is 0 Å². The Bertz CT molecular complexity index is 570. The molecule has 100 valence electrons. The van der Waals surface area contributed by atoms with E-state index >= 15 is 0 Å². The van der Waals surface area contributed by atoms with Crippen LogP contribution in [0, 0.1) is 0 Å². The summed E-state index contributed by atoms with van der Waals surface area (Å²) in [6, 6.07) is 12.5. The normalized spacial score (nSPS) is 10.7. The van der Waals surface area contributed by atoms with Crippen LogP contribution in [0.1, 0.15) is 37.5 Å². The van der Waals surface area contributed by atoms with Crippen LogP contribution in [0.25, 0.3) is 11.1 Å². The maximum absolute atomic E-state index is 9.81. The van der Waals surface area contributed by atoms with E-state index in [1.165, 1.54) is 22.3 Å². The van der Waals surface area contributed by atoms with Gasteiger partial charge in [-0.3, -0.25) is 0 Å². The van der Waals surface area contributed by atoms with E-state index < -0.39 is 0 Å². The second kappa shape index (κ2) is 5.92. The number of aromatic hydroxyl groups is 1. The van der Waals surface area contributed by atoms with Crippen molar-refractivity contribution in [1.82, 2.24) is 0 Å². The molecule has 2 aromatic rings. The van der Waals surface area contributed by atoms with Gasteiger partial charge in [-0.05, 0) is 59.2 Å². The first-order chi connectivity index (χ1) is 9.21. The Balaban J connectivity index is 2.58. The van der Waals surface area contributed by atoms with Gasteiger partial charge in [0.05, 0.1) is 0 Å². The fraction of sp³-hybridized carbons (Fsp3) is 0.333. The Kier molecular flexibility index (Phi) is 4.26. The summed E-state index contributed by atoms with van der Waals surface area (Å²) in [6.07, 6.45) is 2.96. The number of hydrogen-bond donors (Lipinski definition) is 1. The molecule has 19 heavy (non-hydrogen) atoms. The lowest BCUT2D eigenvalue weighted by Gasteiger charge is -2.14. The Morgan fingerprint density at radius 1 is 0.842 bits per heavy atom. The number of aryl methyl sites for hydroxylation is 2. The van der Waals surface area contributed by atoms with Crippen molar-refractivity contribution in [3.63, 3.8) is 0 Å². The fourth-order valence-electron chi connectivity index (χ4n) is 2.69. The molecule has 0 spiro atoms. The summed E-state index contributed by atoms with van der Waals surface area (Å²) < 4.78 is 0. The highest BCUT2D eigenvalue weighted by Crippen LogP contribution is 2.30. The molecule has 0 fully saturated rings. The van der Waals surface area contributed by atoms with Crippen molar-refractivity contribution in [2.45, 2.75) is 40.0 Å². The molecule has 0 aliphatic rings. The first-order valence-electron chi connectivity index (χ1n) is 7.14. The quantitative estimate of drug-likeness (QED) is 0.835. The number of phenols is 1. The number of hydrogen-bond acceptors (Lipinski definition) is 1. The van der Waals surface area contributed by atoms with Gasteiger partial charge in [-0.1, -0.05) is 45.0 Å². The van der Waals surface area contributed by atoms with Crippen molar-refractivity contribution in [2.75, 3.05) is 0 Å². The van der Waals surface area contributed by atoms with E-state index in [0.29, 0.717) is 5.75 Å². The third-order valence-electron chi connectivity index (χ3n) is 3.78. The molecule has 0 aliphatic carbocycles. The summed E-state index contributed by atoms with van der Waals surface area (Å²) in [7, 11) is 0. The smallest absolute Gasteiger partial charge is 0.118 e. The molecule has 0 atom stereocenters. The van der Waals surface area contributed by atoms with Gasteiger partial charge in [-0.25, -0.2) is 0 Å². The van der Waals surface area contributed by atoms with Gasteiger partial charge < -0.3 is 5.11 Å². The average Bonchev–Trinajstić information content (AvgIpc) is 2.46. The van der Waals surface area contributed by atoms with E-state index in [1.54, 1.807) is 0 Å². The summed E-state index contributed by atoms with van der Waals surface area (Å²) in [4.78, 5) is 0. The monoisotopic (exact) mass is 254 g/mol. The Hall–Kier alpha value is -1.76. The van der Waals surface area contributed by atoms with Crippen LogP contribution in [-0.2, 0) is 19.3 Å². The molecule has 0 saturated carbocycles. The first kappa shape index (κ1) is 13.7. The van der Waals surface area contributed by atoms with Crippen molar-refractivity contribution < 1.29 is 5.11 Å². The van der Waals surface area contributed by atoms with Crippen LogP contribution in [0.3, 0.4) is 0 Å². The molecule has 0 radical (unpaired) electrons. The molecule has 2 rings (SSSR count). The second-order valence-corrected chi connectivity index (χ2v) is 4.85. The molecule has 1 N–H and O–H groups in total. The van der Waals surface area contributed by atoms with E-state index in [2.05, 4.69) is 45.0 Å². The van der Waals surface area contributed by atoms with Gasteiger partial charge >= 0.3 is 0 Å². The Morgan fingerprint density at radius 3 is 2.21 bits per heavy atom. The van der Waals surface area contributed by atoms with E-state index in [4.69, 9.17) is 0 Å². The van der Waals surface area contributed by atoms with Crippen LogP contribution in [0.5, 0.6) is 5.75 Å². The maximum Gasteiger partial charge on any atom is 0.118 e. The topological polar surface area (TPSA) is 20.2 Å². The highest BCUT2D eigenvalue weighted by Gasteiger charge is 2.09. The summed E-state index contributed by atoms with van der Waals surface area (Å²) >= 11 is 0. The second-order valence-electron chi connectivity index (χ2n) is 4.85. The van der Waals surface area contributed by atoms with Crippen LogP contribution in [0.2, 0.25) is 0 Å². The third-order valence-corrected chi connectivity index (χ3v) is 3.78. The van der Waals surface area contributed by atoms with Gasteiger partial charge in [-0.2, -0.15) is 0 Å². The zero-order valence-electron chi connectivity index (χ0n) is 12.0. The maximum atomic E-state index is 9.81. The van der Waals surface area contributed by atoms with Gasteiger partial charge in [0.1, 0.15) is 5.75 Å². The number of rotatable bonds is 4. The molecule has 0 heterocycles. The Labute approximate surface area is 115 Å². The lowest BCUT2D eigenvalue weighted by Crippen LogP contribution is -1.95. The first-order valence-corrected chi connectivity index (χ1v) is 7.14. The van der Waals surface area contributed by atoms with Crippen LogP contribution in [-0.4, -0.2) is 5.11 Å². The molecule has 0 aliphatic heterocycles. The molecule has 0 amide bonds. The summed E-state index contributed by atoms with van der Waals surface area (Å²) in [6.45, 7) is 6.48. The third kappa shape index (κ3) is 2.65. The lowest BCUT2D eigenvalue weighted by atomic mass is 9.91. The van der Waals surface area contributed by atoms with Crippen LogP contribution in [0.4, 0.5) is 0 Å². The fourth-order valence-corrected chi connectivity index (χ4v) is 2.69. The molecule has 0 unspecified atom stereocenters. The highest BCUT2D eigenvalue weighted by atomic mass is 16.3. The zero-order valence-corrected chi connectivity index (χ0v) is 12.0. The Morgan fingerprint density at radius 2 is 1.58 bits per heavy atom. The SMILES string of the molecule is CCc1cc(-c2cccc(CC)c2CC)ccc1O. The predicted octanol–water partition coefficient (Wildman–Crippen LogP) is 4.75. The van der Waals surface area contributed by atoms with E-state index in [1.807, 2.05) is 12.1 Å². The molecular formula is C18H22O. The molecular weight excluding hydrogens is 232 g/mol. The average molecular weight is 254 g/mol. The minimum atomic E-state index is 0.399. The summed E-state index contributed by atoms with van der Waals surface area (Å²) in [5.74, 6) is 0.399. The summed E-state index contributed by atoms with van der Waals surface area (Å²) in [5.41, 5.74) is 6.38. The standard InChI is InChI=1S/C18H22O/c1-4-13-8-7-9-17(16(13)6-3)15-10-11-18(19)14(5-2)12-15/h7-12,19H,4-6H2,1-3H3. The minimum Gasteiger partial charge on any atom is -0.508 e. The van der Waals surface area contributed by atoms with E-state index in [-0.39, 0.29) is 0 Å². The van der Waals surface area contributed by atoms with Crippen molar-refractivity contribution in [3.8, 4) is 16.9 Å². The molecule has 0 saturated heterocycles. The van der Waals surface area contributed by atoms with Crippen molar-refractivity contribution in [3.05, 3.63) is 53.1 Å². The van der Waals surface area contributed by atoms with Crippen LogP contribution < -0.4 is 0 Å². The molecule has 0 bridgehead atoms. The van der Waals surface area contributed by atoms with Crippen molar-refractivity contribution in [2.24, 2.45) is 0 Å². The lowest BCUT2D eigenvalue weighted by molar-refractivity contribution is 0.469. The predicted molar refractivity (Wildman–Crippen MR) is 81.7 cm³/mol. The molecule has 0 aromatic heterocycles. The van der Waals surface area contributed by atoms with Crippen molar-refractivity contribution >= 4 is 0 Å². The van der Waals surface area contributed by atoms with Crippen molar-refractivity contribution in [1.29, 1.82) is 0 Å². The van der Waals surface area contributed by atoms with Crippen LogP contribution in [0.15, 0.2) is 36.4 Å². The highest BCUT2D eigenvalue weighted by molar-refractivity contribution is 5.70. The van der Waals surface area contributed by atoms with Crippen LogP contribution >= 0.6 is 0 Å². The summed E-state index contributed by atoms with van der Waals surface area (Å²) in [5, 5.41) is 9.81. The number of phenolic OH excluding ortho intramolecular Hbond substituents is 1. The molecule has 2 aromatic carbocycles. The van der Waals surface area contributed by atoms with Gasteiger partial charge in [0.2, 0.25) is 0 Å². The molecule has 1 nitrogen and oxygen atoms in total. The zero-order chi connectivity index (χ0) is 13.8.